The molecule has 8 nitrogen and oxygen atoms in total. The molecule has 1 aromatic heterocycles. The number of fused-ring (bicyclic) bond motifs is 3. The van der Waals surface area contributed by atoms with Crippen LogP contribution in [0.2, 0.25) is 0 Å². The van der Waals surface area contributed by atoms with E-state index >= 15 is 0 Å². The molecule has 9 heteroatoms. The van der Waals surface area contributed by atoms with Crippen LogP contribution in [0.1, 0.15) is 29.0 Å². The van der Waals surface area contributed by atoms with Gasteiger partial charge in [-0.15, -0.1) is 6.58 Å². The molecule has 0 saturated heterocycles. The Bertz CT molecular complexity index is 1250. The number of aromatic nitrogens is 3. The van der Waals surface area contributed by atoms with E-state index in [1.807, 2.05) is 0 Å². The second-order valence-electron chi connectivity index (χ2n) is 6.86. The van der Waals surface area contributed by atoms with Crippen LogP contribution >= 0.6 is 11.8 Å². The number of aromatic carboxylic acids is 1. The van der Waals surface area contributed by atoms with Crippen molar-refractivity contribution in [3.63, 3.8) is 0 Å². The Hall–Kier alpha value is -3.72. The summed E-state index contributed by atoms with van der Waals surface area (Å²) in [5, 5.41) is 14.2. The summed E-state index contributed by atoms with van der Waals surface area (Å²) in [4.78, 5) is 41.5. The minimum Gasteiger partial charge on any atom is -0.478 e. The number of carboxylic acids is 1. The zero-order valence-electron chi connectivity index (χ0n) is 16.6. The molecule has 0 aliphatic carbocycles. The van der Waals surface area contributed by atoms with Crippen molar-refractivity contribution in [3.8, 4) is 11.3 Å². The van der Waals surface area contributed by atoms with Crippen LogP contribution in [0.3, 0.4) is 0 Å². The highest BCUT2D eigenvalue weighted by Crippen LogP contribution is 2.37. The average Bonchev–Trinajstić information content (AvgIpc) is 2.76. The van der Waals surface area contributed by atoms with Gasteiger partial charge in [-0.1, -0.05) is 30.0 Å². The van der Waals surface area contributed by atoms with Gasteiger partial charge in [0.1, 0.15) is 0 Å². The summed E-state index contributed by atoms with van der Waals surface area (Å²) in [5.74, 6) is -0.734. The monoisotopic (exact) mass is 435 g/mol. The van der Waals surface area contributed by atoms with E-state index in [1.165, 1.54) is 35.5 Å². The Morgan fingerprint density at radius 2 is 1.97 bits per heavy atom. The van der Waals surface area contributed by atoms with Crippen LogP contribution < -0.4 is 15.1 Å². The van der Waals surface area contributed by atoms with E-state index in [1.54, 1.807) is 47.4 Å². The Kier molecular flexibility index (Phi) is 5.43. The number of carbonyl (C=O) groups excluding carboxylic acids is 1. The maximum Gasteiger partial charge on any atom is 0.335 e. The molecule has 1 amide bonds. The first-order valence-electron chi connectivity index (χ1n) is 9.44. The van der Waals surface area contributed by atoms with Gasteiger partial charge < -0.3 is 5.11 Å². The number of rotatable bonds is 5. The summed E-state index contributed by atoms with van der Waals surface area (Å²) in [6.45, 7) is 5.13. The van der Waals surface area contributed by atoms with Crippen LogP contribution in [-0.2, 0) is 4.79 Å². The highest BCUT2D eigenvalue weighted by atomic mass is 32.2. The molecule has 0 saturated carbocycles. The molecule has 156 valence electrons. The Morgan fingerprint density at radius 3 is 2.61 bits per heavy atom. The SMILES string of the molecule is C=CCSc1n[n+]2c(c(=O)[nH]1)-c1ccccc1N(C(C)=O)[C@@H]2c1ccc(C(=O)O)cc1. The van der Waals surface area contributed by atoms with Crippen molar-refractivity contribution < 1.29 is 19.4 Å². The van der Waals surface area contributed by atoms with Gasteiger partial charge in [-0.05, 0) is 41.1 Å². The first-order valence-corrected chi connectivity index (χ1v) is 10.4. The fourth-order valence-corrected chi connectivity index (χ4v) is 4.20. The van der Waals surface area contributed by atoms with Gasteiger partial charge >= 0.3 is 17.2 Å². The van der Waals surface area contributed by atoms with Crippen molar-refractivity contribution >= 4 is 29.3 Å². The topological polar surface area (TPSA) is 107 Å². The van der Waals surface area contributed by atoms with E-state index < -0.39 is 12.1 Å². The fourth-order valence-electron chi connectivity index (χ4n) is 3.61. The number of anilines is 1. The van der Waals surface area contributed by atoms with E-state index in [9.17, 15) is 19.5 Å². The molecule has 1 atom stereocenters. The number of nitrogens with one attached hydrogen (secondary N) is 1. The second kappa shape index (κ2) is 8.19. The van der Waals surface area contributed by atoms with Crippen LogP contribution in [0.15, 0.2) is 71.1 Å². The molecular formula is C22H19N4O4S+. The summed E-state index contributed by atoms with van der Waals surface area (Å²) in [6.07, 6.45) is 0.948. The first kappa shape index (κ1) is 20.5. The highest BCUT2D eigenvalue weighted by Gasteiger charge is 2.44. The lowest BCUT2D eigenvalue weighted by molar-refractivity contribution is -0.763. The maximum atomic E-state index is 13.1. The number of nitrogens with zero attached hydrogens (tertiary/aromatic N) is 3. The van der Waals surface area contributed by atoms with Crippen molar-refractivity contribution in [1.82, 2.24) is 10.1 Å². The van der Waals surface area contributed by atoms with E-state index in [2.05, 4.69) is 16.7 Å². The molecule has 31 heavy (non-hydrogen) atoms. The number of amides is 1. The third-order valence-corrected chi connectivity index (χ3v) is 5.75. The average molecular weight is 435 g/mol. The molecule has 0 unspecified atom stereocenters. The number of hydrogen-bond acceptors (Lipinski definition) is 5. The summed E-state index contributed by atoms with van der Waals surface area (Å²) in [6, 6.07) is 13.3. The number of para-hydroxylation sites is 1. The summed E-state index contributed by atoms with van der Waals surface area (Å²) >= 11 is 1.32. The quantitative estimate of drug-likeness (QED) is 0.362. The summed E-state index contributed by atoms with van der Waals surface area (Å²) < 4.78 is 1.53. The van der Waals surface area contributed by atoms with Gasteiger partial charge in [-0.2, -0.15) is 0 Å². The molecular weight excluding hydrogens is 416 g/mol. The van der Waals surface area contributed by atoms with Crippen LogP contribution in [0.25, 0.3) is 11.3 Å². The zero-order valence-corrected chi connectivity index (χ0v) is 17.4. The van der Waals surface area contributed by atoms with E-state index in [0.717, 1.165) is 0 Å². The molecule has 0 spiro atoms. The maximum absolute atomic E-state index is 13.1. The zero-order chi connectivity index (χ0) is 22.1. The van der Waals surface area contributed by atoms with Crippen LogP contribution in [0.4, 0.5) is 5.69 Å². The molecule has 0 fully saturated rings. The van der Waals surface area contributed by atoms with Gasteiger partial charge in [0.2, 0.25) is 11.1 Å². The van der Waals surface area contributed by atoms with Gasteiger partial charge in [-0.3, -0.25) is 14.6 Å². The molecule has 0 bridgehead atoms. The number of carboxylic acid groups (broad SMARTS) is 1. The van der Waals surface area contributed by atoms with Crippen LogP contribution in [0, 0.1) is 0 Å². The number of thioether (sulfide) groups is 1. The molecule has 1 aliphatic rings. The minimum atomic E-state index is -1.05. The standard InChI is InChI=1S/C22H18N4O4S/c1-3-12-31-22-23-19(28)18-16-6-4-5-7-17(16)25(13(2)27)20(26(18)24-22)14-8-10-15(11-9-14)21(29)30/h3-11,20H,1,12H2,2H3,(H-,23,24,28,29,30)/p+1/t20-/m0/s1. The third-order valence-electron chi connectivity index (χ3n) is 4.89. The number of benzene rings is 2. The first-order chi connectivity index (χ1) is 14.9. The number of H-pyrrole nitrogens is 1. The molecule has 2 aromatic carbocycles. The lowest BCUT2D eigenvalue weighted by Gasteiger charge is -2.31. The number of aromatic amines is 1. The Morgan fingerprint density at radius 1 is 1.26 bits per heavy atom. The van der Waals surface area contributed by atoms with Gasteiger partial charge in [0.15, 0.2) is 0 Å². The van der Waals surface area contributed by atoms with Crippen LogP contribution in [-0.4, -0.2) is 32.8 Å². The van der Waals surface area contributed by atoms with E-state index in [0.29, 0.717) is 33.4 Å². The van der Waals surface area contributed by atoms with Gasteiger partial charge in [-0.25, -0.2) is 9.69 Å². The third kappa shape index (κ3) is 3.64. The predicted octanol–water partition coefficient (Wildman–Crippen LogP) is 2.61. The predicted molar refractivity (Wildman–Crippen MR) is 116 cm³/mol. The van der Waals surface area contributed by atoms with Crippen molar-refractivity contribution in [2.24, 2.45) is 0 Å². The van der Waals surface area contributed by atoms with Gasteiger partial charge in [0.25, 0.3) is 6.17 Å². The van der Waals surface area contributed by atoms with Crippen molar-refractivity contribution in [2.45, 2.75) is 18.2 Å². The highest BCUT2D eigenvalue weighted by molar-refractivity contribution is 7.99. The van der Waals surface area contributed by atoms with E-state index in [-0.39, 0.29) is 17.0 Å². The Labute approximate surface area is 181 Å². The minimum absolute atomic E-state index is 0.126. The molecule has 2 N–H and O–H groups in total. The summed E-state index contributed by atoms with van der Waals surface area (Å²) in [5.41, 5.74) is 1.92. The lowest BCUT2D eigenvalue weighted by atomic mass is 10.0. The van der Waals surface area contributed by atoms with Crippen molar-refractivity contribution in [2.75, 3.05) is 10.7 Å². The van der Waals surface area contributed by atoms with Gasteiger partial charge in [0, 0.05) is 23.3 Å². The molecule has 0 radical (unpaired) electrons. The number of carbonyl (C=O) groups is 2. The van der Waals surface area contributed by atoms with Gasteiger partial charge in [0.05, 0.1) is 16.8 Å². The lowest BCUT2D eigenvalue weighted by Crippen LogP contribution is -2.60. The van der Waals surface area contributed by atoms with E-state index in [4.69, 9.17) is 0 Å². The summed E-state index contributed by atoms with van der Waals surface area (Å²) in [7, 11) is 0. The number of hydrogen-bond donors (Lipinski definition) is 2. The molecule has 1 aliphatic heterocycles. The van der Waals surface area contributed by atoms with Crippen molar-refractivity contribution in [3.05, 3.63) is 82.7 Å². The fraction of sp³-hybridized carbons (Fsp3) is 0.136. The molecule has 2 heterocycles. The normalized spacial score (nSPS) is 14.5. The van der Waals surface area contributed by atoms with Crippen molar-refractivity contribution in [1.29, 1.82) is 0 Å². The van der Waals surface area contributed by atoms with Crippen LogP contribution in [0.5, 0.6) is 0 Å². The molecule has 4 rings (SSSR count). The smallest absolute Gasteiger partial charge is 0.335 e. The molecule has 3 aromatic rings. The second-order valence-corrected chi connectivity index (χ2v) is 7.87. The Balaban J connectivity index is 2.00. The largest absolute Gasteiger partial charge is 0.478 e.